The molecule has 1 aliphatic heterocycles. The number of aromatic nitrogens is 4. The van der Waals surface area contributed by atoms with Crippen LogP contribution in [0.4, 0.5) is 8.78 Å². The first-order valence-electron chi connectivity index (χ1n) is 11.8. The Morgan fingerprint density at radius 1 is 1.14 bits per heavy atom. The van der Waals surface area contributed by atoms with E-state index in [4.69, 9.17) is 9.47 Å². The zero-order valence-corrected chi connectivity index (χ0v) is 20.0. The van der Waals surface area contributed by atoms with Gasteiger partial charge >= 0.3 is 0 Å². The minimum atomic E-state index is -2.54. The number of benzene rings is 2. The second-order valence-electron chi connectivity index (χ2n) is 8.15. The molecule has 9 heteroatoms. The highest BCUT2D eigenvalue weighted by atomic mass is 19.3. The van der Waals surface area contributed by atoms with Crippen LogP contribution in [0, 0.1) is 0 Å². The van der Waals surface area contributed by atoms with Crippen LogP contribution in [0.3, 0.4) is 0 Å². The lowest BCUT2D eigenvalue weighted by Crippen LogP contribution is -2.06. The van der Waals surface area contributed by atoms with E-state index in [1.165, 1.54) is 29.9 Å². The number of alkyl halides is 2. The minimum absolute atomic E-state index is 0.0210. The molecule has 5 rings (SSSR count). The maximum atomic E-state index is 13.0. The van der Waals surface area contributed by atoms with Crippen LogP contribution in [0.25, 0.3) is 39.2 Å². The van der Waals surface area contributed by atoms with Gasteiger partial charge in [-0.15, -0.1) is 0 Å². The third kappa shape index (κ3) is 5.85. The zero-order valence-electron chi connectivity index (χ0n) is 20.0. The lowest BCUT2D eigenvalue weighted by atomic mass is 10.0. The van der Waals surface area contributed by atoms with Gasteiger partial charge in [-0.05, 0) is 25.8 Å². The number of hydrogen-bond donors (Lipinski definition) is 1. The summed E-state index contributed by atoms with van der Waals surface area (Å²) in [5.41, 5.74) is 3.30. The number of nitrogens with zero attached hydrogens (tertiary/aromatic N) is 4. The van der Waals surface area contributed by atoms with Gasteiger partial charge in [0, 0.05) is 42.0 Å². The average molecular weight is 495 g/mol. The maximum Gasteiger partial charge on any atom is 0.257 e. The van der Waals surface area contributed by atoms with E-state index >= 15 is 0 Å². The Balaban J connectivity index is 0.000000543. The highest BCUT2D eigenvalue weighted by molar-refractivity contribution is 5.98. The van der Waals surface area contributed by atoms with E-state index in [9.17, 15) is 13.9 Å². The topological polar surface area (TPSA) is 82.3 Å². The fourth-order valence-corrected chi connectivity index (χ4v) is 3.93. The summed E-state index contributed by atoms with van der Waals surface area (Å²) in [4.78, 5) is 8.67. The summed E-state index contributed by atoms with van der Waals surface area (Å²) in [7, 11) is 0. The van der Waals surface area contributed by atoms with E-state index in [-0.39, 0.29) is 5.75 Å². The molecule has 1 fully saturated rings. The van der Waals surface area contributed by atoms with E-state index in [0.29, 0.717) is 45.8 Å². The van der Waals surface area contributed by atoms with Gasteiger partial charge in [-0.3, -0.25) is 4.68 Å². The molecule has 0 spiro atoms. The largest absolute Gasteiger partial charge is 0.507 e. The standard InChI is InChI=1S/C23H20F2N4O2.C4H8O/c1-3-31-14(2)16-9-17-19(10-20(16)30)26-13-27-23(17)18-11-29(12-21(24)25)28-22(18)15-7-5-4-6-8-15;1-2-4-5-3-1/h4-11,13,21,30H,2-3,12H2,1H3;1-4H2. The Morgan fingerprint density at radius 3 is 2.53 bits per heavy atom. The van der Waals surface area contributed by atoms with E-state index in [1.54, 1.807) is 12.3 Å². The molecule has 2 aromatic heterocycles. The van der Waals surface area contributed by atoms with Gasteiger partial charge < -0.3 is 14.6 Å². The molecule has 1 aliphatic rings. The van der Waals surface area contributed by atoms with Crippen molar-refractivity contribution in [3.63, 3.8) is 0 Å². The zero-order chi connectivity index (χ0) is 25.5. The molecule has 0 radical (unpaired) electrons. The van der Waals surface area contributed by atoms with Crippen LogP contribution < -0.4 is 0 Å². The lowest BCUT2D eigenvalue weighted by molar-refractivity contribution is 0.122. The summed E-state index contributed by atoms with van der Waals surface area (Å²) in [5, 5.41) is 15.4. The molecule has 0 aliphatic carbocycles. The van der Waals surface area contributed by atoms with Crippen LogP contribution in [0.15, 0.2) is 61.6 Å². The molecule has 3 heterocycles. The molecule has 4 aromatic rings. The van der Waals surface area contributed by atoms with Crippen molar-refractivity contribution in [2.75, 3.05) is 19.8 Å². The molecular formula is C27H28F2N4O3. The third-order valence-corrected chi connectivity index (χ3v) is 5.59. The number of fused-ring (bicyclic) bond motifs is 1. The predicted molar refractivity (Wildman–Crippen MR) is 135 cm³/mol. The molecule has 0 atom stereocenters. The van der Waals surface area contributed by atoms with Gasteiger partial charge in [0.1, 0.15) is 30.1 Å². The van der Waals surface area contributed by atoms with Gasteiger partial charge in [-0.1, -0.05) is 36.9 Å². The van der Waals surface area contributed by atoms with Gasteiger partial charge in [-0.2, -0.15) is 5.10 Å². The van der Waals surface area contributed by atoms with Crippen molar-refractivity contribution in [2.24, 2.45) is 0 Å². The van der Waals surface area contributed by atoms with Crippen molar-refractivity contribution < 1.29 is 23.4 Å². The molecule has 0 amide bonds. The molecule has 0 unspecified atom stereocenters. The molecule has 36 heavy (non-hydrogen) atoms. The fraction of sp³-hybridized carbons (Fsp3) is 0.296. The second-order valence-corrected chi connectivity index (χ2v) is 8.15. The molecular weight excluding hydrogens is 466 g/mol. The van der Waals surface area contributed by atoms with Crippen molar-refractivity contribution in [1.82, 2.24) is 19.7 Å². The number of hydrogen-bond acceptors (Lipinski definition) is 6. The van der Waals surface area contributed by atoms with Crippen molar-refractivity contribution >= 4 is 16.7 Å². The Morgan fingerprint density at radius 2 is 1.89 bits per heavy atom. The number of phenols is 1. The number of rotatable bonds is 7. The SMILES string of the molecule is C1CCOC1.C=C(OCC)c1cc2c(-c3cn(CC(F)F)nc3-c3ccccc3)ncnc2cc1O. The van der Waals surface area contributed by atoms with E-state index in [0.717, 1.165) is 18.8 Å². The molecule has 1 saturated heterocycles. The van der Waals surface area contributed by atoms with Crippen molar-refractivity contribution in [3.05, 3.63) is 67.1 Å². The highest BCUT2D eigenvalue weighted by Gasteiger charge is 2.20. The summed E-state index contributed by atoms with van der Waals surface area (Å²) in [5.74, 6) is 0.292. The third-order valence-electron chi connectivity index (χ3n) is 5.59. The number of aromatic hydroxyl groups is 1. The average Bonchev–Trinajstić information content (AvgIpc) is 3.57. The quantitative estimate of drug-likeness (QED) is 0.321. The number of ether oxygens (including phenoxy) is 2. The molecule has 2 aromatic carbocycles. The van der Waals surface area contributed by atoms with Gasteiger partial charge in [0.05, 0.1) is 23.4 Å². The van der Waals surface area contributed by atoms with Crippen LogP contribution in [-0.2, 0) is 16.0 Å². The van der Waals surface area contributed by atoms with Crippen molar-refractivity contribution in [1.29, 1.82) is 0 Å². The smallest absolute Gasteiger partial charge is 0.257 e. The van der Waals surface area contributed by atoms with Crippen molar-refractivity contribution in [2.45, 2.75) is 32.7 Å². The summed E-state index contributed by atoms with van der Waals surface area (Å²) >= 11 is 0. The normalized spacial score (nSPS) is 13.0. The Bertz CT molecular complexity index is 1310. The van der Waals surface area contributed by atoms with E-state index in [1.807, 2.05) is 37.3 Å². The Hall–Kier alpha value is -3.85. The Kier molecular flexibility index (Phi) is 8.22. The molecule has 0 bridgehead atoms. The van der Waals surface area contributed by atoms with Gasteiger partial charge in [0.2, 0.25) is 0 Å². The van der Waals surface area contributed by atoms with E-state index in [2.05, 4.69) is 21.6 Å². The van der Waals surface area contributed by atoms with Gasteiger partial charge in [-0.25, -0.2) is 18.7 Å². The fourth-order valence-electron chi connectivity index (χ4n) is 3.93. The first kappa shape index (κ1) is 25.2. The molecule has 0 saturated carbocycles. The van der Waals surface area contributed by atoms with Crippen LogP contribution in [0.1, 0.15) is 25.3 Å². The van der Waals surface area contributed by atoms with Gasteiger partial charge in [0.25, 0.3) is 6.43 Å². The van der Waals surface area contributed by atoms with Crippen LogP contribution in [-0.4, -0.2) is 51.1 Å². The first-order chi connectivity index (χ1) is 17.5. The summed E-state index contributed by atoms with van der Waals surface area (Å²) in [6.45, 7) is 7.55. The van der Waals surface area contributed by atoms with Crippen LogP contribution >= 0.6 is 0 Å². The highest BCUT2D eigenvalue weighted by Crippen LogP contribution is 2.37. The minimum Gasteiger partial charge on any atom is -0.507 e. The monoisotopic (exact) mass is 494 g/mol. The van der Waals surface area contributed by atoms with E-state index < -0.39 is 13.0 Å². The summed E-state index contributed by atoms with van der Waals surface area (Å²) in [6, 6.07) is 12.5. The second kappa shape index (κ2) is 11.7. The molecule has 1 N–H and O–H groups in total. The van der Waals surface area contributed by atoms with Crippen LogP contribution in [0.2, 0.25) is 0 Å². The number of phenolic OH excluding ortho intramolecular Hbond substituents is 1. The predicted octanol–water partition coefficient (Wildman–Crippen LogP) is 5.94. The summed E-state index contributed by atoms with van der Waals surface area (Å²) < 4.78 is 37.7. The first-order valence-corrected chi connectivity index (χ1v) is 11.8. The van der Waals surface area contributed by atoms with Crippen LogP contribution in [0.5, 0.6) is 5.75 Å². The number of halogens is 2. The van der Waals surface area contributed by atoms with Crippen molar-refractivity contribution in [3.8, 4) is 28.3 Å². The lowest BCUT2D eigenvalue weighted by Gasteiger charge is -2.12. The van der Waals surface area contributed by atoms with Gasteiger partial charge in [0.15, 0.2) is 0 Å². The molecule has 188 valence electrons. The Labute approximate surface area is 208 Å². The maximum absolute atomic E-state index is 13.0. The summed E-state index contributed by atoms with van der Waals surface area (Å²) in [6.07, 6.45) is 2.93. The molecule has 7 nitrogen and oxygen atoms in total.